The molecule has 0 spiro atoms. The fraction of sp³-hybridized carbons (Fsp3) is 0.200. The summed E-state index contributed by atoms with van der Waals surface area (Å²) in [6.07, 6.45) is 20.0. The van der Waals surface area contributed by atoms with Gasteiger partial charge in [0, 0.05) is 0 Å². The summed E-state index contributed by atoms with van der Waals surface area (Å²) in [5.74, 6) is 0. The van der Waals surface area contributed by atoms with Gasteiger partial charge >= 0.3 is 21.7 Å². The fourth-order valence-electron chi connectivity index (χ4n) is 0.680. The Bertz CT molecular complexity index is 148. The Morgan fingerprint density at radius 3 is 1.45 bits per heavy atom. The summed E-state index contributed by atoms with van der Waals surface area (Å²) >= 11 is 0. The van der Waals surface area contributed by atoms with Crippen molar-refractivity contribution in [2.24, 2.45) is 0 Å². The van der Waals surface area contributed by atoms with Gasteiger partial charge in [-0.2, -0.15) is 12.2 Å². The molecule has 2 aliphatic rings. The molecule has 0 aromatic rings. The van der Waals surface area contributed by atoms with Gasteiger partial charge in [0.1, 0.15) is 0 Å². The van der Waals surface area contributed by atoms with Crippen LogP contribution in [0.4, 0.5) is 0 Å². The van der Waals surface area contributed by atoms with Gasteiger partial charge in [0.15, 0.2) is 0 Å². The molecule has 0 aromatic carbocycles. The molecule has 55 valence electrons. The van der Waals surface area contributed by atoms with Crippen molar-refractivity contribution in [3.05, 3.63) is 48.6 Å². The second-order valence-electron chi connectivity index (χ2n) is 2.01. The van der Waals surface area contributed by atoms with Gasteiger partial charge < -0.3 is 1.43 Å². The molecule has 0 heterocycles. The number of rotatable bonds is 0. The molecule has 0 aliphatic heterocycles. The topological polar surface area (TPSA) is 0 Å². The van der Waals surface area contributed by atoms with Crippen LogP contribution in [0.5, 0.6) is 0 Å². The predicted octanol–water partition coefficient (Wildman–Crippen LogP) is 2.72. The summed E-state index contributed by atoms with van der Waals surface area (Å²) in [5, 5.41) is 0. The van der Waals surface area contributed by atoms with Gasteiger partial charge in [-0.3, -0.25) is 12.2 Å². The summed E-state index contributed by atoms with van der Waals surface area (Å²) in [5.41, 5.74) is 0. The van der Waals surface area contributed by atoms with E-state index in [4.69, 9.17) is 0 Å². The van der Waals surface area contributed by atoms with Crippen molar-refractivity contribution in [2.45, 2.75) is 12.8 Å². The standard InChI is InChI=1S/2C5H5.Ti.H/c2*1-2-4-5-3-1;;/h2*1-3H,4H2;;/q2*-1;+3;-1. The van der Waals surface area contributed by atoms with Crippen LogP contribution in [-0.2, 0) is 21.7 Å². The number of hydrogen-bond donors (Lipinski definition) is 0. The fourth-order valence-corrected chi connectivity index (χ4v) is 0.680. The van der Waals surface area contributed by atoms with Crippen LogP contribution in [0.15, 0.2) is 36.5 Å². The van der Waals surface area contributed by atoms with Crippen LogP contribution >= 0.6 is 0 Å². The summed E-state index contributed by atoms with van der Waals surface area (Å²) in [6.45, 7) is 0. The van der Waals surface area contributed by atoms with E-state index in [0.717, 1.165) is 12.8 Å². The van der Waals surface area contributed by atoms with Crippen LogP contribution in [0.1, 0.15) is 14.3 Å². The molecule has 0 saturated carbocycles. The smallest absolute Gasteiger partial charge is 1.00 e. The van der Waals surface area contributed by atoms with E-state index in [1.165, 1.54) is 0 Å². The summed E-state index contributed by atoms with van der Waals surface area (Å²) in [4.78, 5) is 0. The van der Waals surface area contributed by atoms with E-state index in [1.807, 2.05) is 24.3 Å². The van der Waals surface area contributed by atoms with Gasteiger partial charge in [0.2, 0.25) is 0 Å². The van der Waals surface area contributed by atoms with E-state index in [1.54, 1.807) is 0 Å². The van der Waals surface area contributed by atoms with Crippen molar-refractivity contribution in [3.63, 3.8) is 0 Å². The molecule has 0 bridgehead atoms. The molecule has 0 fully saturated rings. The minimum atomic E-state index is 0. The Labute approximate surface area is 84.8 Å². The zero-order chi connectivity index (χ0) is 7.07. The Morgan fingerprint density at radius 1 is 0.909 bits per heavy atom. The molecule has 0 N–H and O–H groups in total. The van der Waals surface area contributed by atoms with Crippen molar-refractivity contribution in [1.82, 2.24) is 0 Å². The molecule has 1 heteroatoms. The van der Waals surface area contributed by atoms with Crippen LogP contribution in [0, 0.1) is 12.2 Å². The molecule has 0 nitrogen and oxygen atoms in total. The van der Waals surface area contributed by atoms with Crippen molar-refractivity contribution < 1.29 is 23.1 Å². The predicted molar refractivity (Wildman–Crippen MR) is 44.3 cm³/mol. The Kier molecular flexibility index (Phi) is 7.55. The maximum absolute atomic E-state index is 2.99. The second-order valence-corrected chi connectivity index (χ2v) is 2.01. The third kappa shape index (κ3) is 6.09. The SMILES string of the molecule is [C-]1=CC=CC1.[C-]1=CC=CC1.[H-].[Ti+3]. The van der Waals surface area contributed by atoms with E-state index in [-0.39, 0.29) is 23.1 Å². The van der Waals surface area contributed by atoms with Gasteiger partial charge in [-0.1, -0.05) is 0 Å². The van der Waals surface area contributed by atoms with Crippen molar-refractivity contribution >= 4 is 0 Å². The van der Waals surface area contributed by atoms with E-state index in [2.05, 4.69) is 24.3 Å². The monoisotopic (exact) mass is 179 g/mol. The van der Waals surface area contributed by atoms with E-state index in [0.29, 0.717) is 0 Å². The van der Waals surface area contributed by atoms with Crippen LogP contribution in [0.25, 0.3) is 0 Å². The molecule has 2 rings (SSSR count). The summed E-state index contributed by atoms with van der Waals surface area (Å²) in [7, 11) is 0. The first-order valence-corrected chi connectivity index (χ1v) is 3.43. The van der Waals surface area contributed by atoms with Crippen molar-refractivity contribution in [1.29, 1.82) is 0 Å². The van der Waals surface area contributed by atoms with E-state index >= 15 is 0 Å². The number of hydrogen-bond acceptors (Lipinski definition) is 0. The largest absolute Gasteiger partial charge is 3.00 e. The van der Waals surface area contributed by atoms with Crippen LogP contribution in [-0.4, -0.2) is 0 Å². The van der Waals surface area contributed by atoms with Crippen LogP contribution < -0.4 is 0 Å². The molecule has 0 aromatic heterocycles. The Balaban J connectivity index is 0. The zero-order valence-corrected chi connectivity index (χ0v) is 7.94. The Hall–Kier alpha value is -0.326. The first-order valence-electron chi connectivity index (χ1n) is 3.43. The van der Waals surface area contributed by atoms with Crippen molar-refractivity contribution in [3.8, 4) is 0 Å². The third-order valence-corrected chi connectivity index (χ3v) is 1.17. The molecular weight excluding hydrogens is 168 g/mol. The molecule has 1 radical (unpaired) electrons. The van der Waals surface area contributed by atoms with E-state index < -0.39 is 0 Å². The molecule has 2 aliphatic carbocycles. The molecule has 0 atom stereocenters. The third-order valence-electron chi connectivity index (χ3n) is 1.17. The minimum absolute atomic E-state index is 0. The average molecular weight is 179 g/mol. The summed E-state index contributed by atoms with van der Waals surface area (Å²) in [6, 6.07) is 0. The summed E-state index contributed by atoms with van der Waals surface area (Å²) < 4.78 is 0. The first kappa shape index (κ1) is 10.7. The van der Waals surface area contributed by atoms with Gasteiger partial charge in [0.25, 0.3) is 0 Å². The van der Waals surface area contributed by atoms with Crippen LogP contribution in [0.2, 0.25) is 0 Å². The molecule has 0 unspecified atom stereocenters. The average Bonchev–Trinajstić information content (AvgIpc) is 2.67. The van der Waals surface area contributed by atoms with Crippen molar-refractivity contribution in [2.75, 3.05) is 0 Å². The minimum Gasteiger partial charge on any atom is -1.00 e. The quantitative estimate of drug-likeness (QED) is 0.396. The van der Waals surface area contributed by atoms with Gasteiger partial charge in [-0.25, -0.2) is 24.3 Å². The van der Waals surface area contributed by atoms with E-state index in [9.17, 15) is 0 Å². The molecular formula is C10H11Ti. The Morgan fingerprint density at radius 2 is 1.36 bits per heavy atom. The maximum atomic E-state index is 2.99. The van der Waals surface area contributed by atoms with Crippen LogP contribution in [0.3, 0.4) is 0 Å². The first-order chi connectivity index (χ1) is 5.00. The second kappa shape index (κ2) is 7.78. The zero-order valence-electron chi connectivity index (χ0n) is 7.38. The molecule has 0 saturated heterocycles. The number of allylic oxidation sites excluding steroid dienone is 8. The normalized spacial score (nSPS) is 16.0. The van der Waals surface area contributed by atoms with Gasteiger partial charge in [-0.05, 0) is 0 Å². The van der Waals surface area contributed by atoms with Gasteiger partial charge in [0.05, 0.1) is 0 Å². The van der Waals surface area contributed by atoms with Gasteiger partial charge in [-0.15, -0.1) is 12.8 Å². The maximum Gasteiger partial charge on any atom is 3.00 e. The molecule has 11 heavy (non-hydrogen) atoms. The molecule has 0 amide bonds.